The summed E-state index contributed by atoms with van der Waals surface area (Å²) in [5.74, 6) is 0. The molecule has 24 heavy (non-hydrogen) atoms. The van der Waals surface area contributed by atoms with Crippen molar-refractivity contribution in [1.82, 2.24) is 0 Å². The molecule has 0 amide bonds. The molecule has 0 saturated carbocycles. The highest BCUT2D eigenvalue weighted by Crippen LogP contribution is 2.37. The van der Waals surface area contributed by atoms with Gasteiger partial charge in [-0.2, -0.15) is 0 Å². The molecule has 0 radical (unpaired) electrons. The topological polar surface area (TPSA) is 3.24 Å². The Labute approximate surface area is 161 Å². The number of anilines is 1. The van der Waals surface area contributed by atoms with Crippen LogP contribution in [0, 0.1) is 0 Å². The second-order valence-corrected chi connectivity index (χ2v) is 7.51. The van der Waals surface area contributed by atoms with Crippen molar-refractivity contribution in [3.05, 3.63) is 52.0 Å². The van der Waals surface area contributed by atoms with Crippen LogP contribution < -0.4 is 4.90 Å². The predicted molar refractivity (Wildman–Crippen MR) is 115 cm³/mol. The molecule has 0 fully saturated rings. The van der Waals surface area contributed by atoms with Crippen LogP contribution in [0.2, 0.25) is 0 Å². The van der Waals surface area contributed by atoms with E-state index in [1.54, 1.807) is 0 Å². The first-order valence-corrected chi connectivity index (χ1v) is 10.5. The minimum absolute atomic E-state index is 0.866. The first-order chi connectivity index (χ1) is 11.6. The SMILES string of the molecule is CCc1c2cc(N(CC)CC)ccc2c(CBr)c2cc(Br)ccc12. The smallest absolute Gasteiger partial charge is 0.0372 e. The van der Waals surface area contributed by atoms with Crippen molar-refractivity contribution in [3.63, 3.8) is 0 Å². The van der Waals surface area contributed by atoms with Gasteiger partial charge in [0.2, 0.25) is 0 Å². The number of nitrogens with zero attached hydrogens (tertiary/aromatic N) is 1. The summed E-state index contributed by atoms with van der Waals surface area (Å²) in [7, 11) is 0. The largest absolute Gasteiger partial charge is 0.372 e. The van der Waals surface area contributed by atoms with Crippen LogP contribution in [0.15, 0.2) is 40.9 Å². The van der Waals surface area contributed by atoms with Crippen LogP contribution in [0.4, 0.5) is 5.69 Å². The highest BCUT2D eigenvalue weighted by Gasteiger charge is 2.14. The van der Waals surface area contributed by atoms with Gasteiger partial charge in [0, 0.05) is 28.6 Å². The summed E-state index contributed by atoms with van der Waals surface area (Å²) in [6, 6.07) is 13.6. The molecule has 0 spiro atoms. The molecule has 0 N–H and O–H groups in total. The summed E-state index contributed by atoms with van der Waals surface area (Å²) in [5, 5.41) is 6.35. The van der Waals surface area contributed by atoms with Crippen LogP contribution in [0.25, 0.3) is 21.5 Å². The molecule has 1 nitrogen and oxygen atoms in total. The van der Waals surface area contributed by atoms with Gasteiger partial charge in [0.15, 0.2) is 0 Å². The van der Waals surface area contributed by atoms with Gasteiger partial charge in [-0.1, -0.05) is 50.9 Å². The number of fused-ring (bicyclic) bond motifs is 2. The van der Waals surface area contributed by atoms with Crippen molar-refractivity contribution in [1.29, 1.82) is 0 Å². The monoisotopic (exact) mass is 447 g/mol. The molecule has 0 aromatic heterocycles. The van der Waals surface area contributed by atoms with Crippen molar-refractivity contribution in [2.75, 3.05) is 18.0 Å². The van der Waals surface area contributed by atoms with E-state index >= 15 is 0 Å². The fourth-order valence-electron chi connectivity index (χ4n) is 3.67. The Hall–Kier alpha value is -1.06. The summed E-state index contributed by atoms with van der Waals surface area (Å²) < 4.78 is 1.14. The quantitative estimate of drug-likeness (QED) is 0.298. The molecule has 0 unspecified atom stereocenters. The molecule has 3 heteroatoms. The first kappa shape index (κ1) is 17.8. The van der Waals surface area contributed by atoms with E-state index in [1.807, 2.05) is 0 Å². The van der Waals surface area contributed by atoms with Crippen molar-refractivity contribution in [2.45, 2.75) is 32.5 Å². The first-order valence-electron chi connectivity index (χ1n) is 8.62. The number of alkyl halides is 1. The van der Waals surface area contributed by atoms with Crippen LogP contribution in [0.3, 0.4) is 0 Å². The van der Waals surface area contributed by atoms with E-state index < -0.39 is 0 Å². The van der Waals surface area contributed by atoms with Gasteiger partial charge in [-0.25, -0.2) is 0 Å². The average Bonchev–Trinajstić information content (AvgIpc) is 2.60. The minimum atomic E-state index is 0.866. The Bertz CT molecular complexity index is 882. The van der Waals surface area contributed by atoms with Gasteiger partial charge in [-0.3, -0.25) is 0 Å². The van der Waals surface area contributed by atoms with E-state index in [0.29, 0.717) is 0 Å². The maximum absolute atomic E-state index is 3.72. The minimum Gasteiger partial charge on any atom is -0.372 e. The van der Waals surface area contributed by atoms with Crippen molar-refractivity contribution in [3.8, 4) is 0 Å². The zero-order valence-corrected chi connectivity index (χ0v) is 17.7. The molecule has 126 valence electrons. The van der Waals surface area contributed by atoms with Gasteiger partial charge in [-0.05, 0) is 77.2 Å². The molecule has 0 atom stereocenters. The molecular weight excluding hydrogens is 426 g/mol. The number of halogens is 2. The fourth-order valence-corrected chi connectivity index (χ4v) is 4.64. The van der Waals surface area contributed by atoms with Crippen LogP contribution in [-0.4, -0.2) is 13.1 Å². The second-order valence-electron chi connectivity index (χ2n) is 6.04. The average molecular weight is 449 g/mol. The van der Waals surface area contributed by atoms with E-state index in [9.17, 15) is 0 Å². The van der Waals surface area contributed by atoms with E-state index in [1.165, 1.54) is 38.4 Å². The van der Waals surface area contributed by atoms with Gasteiger partial charge in [0.05, 0.1) is 0 Å². The number of rotatable bonds is 5. The number of aryl methyl sites for hydroxylation is 1. The maximum Gasteiger partial charge on any atom is 0.0372 e. The van der Waals surface area contributed by atoms with Crippen LogP contribution in [0.5, 0.6) is 0 Å². The third-order valence-corrected chi connectivity index (χ3v) is 5.96. The lowest BCUT2D eigenvalue weighted by Crippen LogP contribution is -2.21. The number of hydrogen-bond acceptors (Lipinski definition) is 1. The summed E-state index contributed by atoms with van der Waals surface area (Å²) in [5.41, 5.74) is 4.15. The lowest BCUT2D eigenvalue weighted by Gasteiger charge is -2.23. The molecule has 0 heterocycles. The number of benzene rings is 3. The van der Waals surface area contributed by atoms with Gasteiger partial charge >= 0.3 is 0 Å². The molecule has 0 bridgehead atoms. The fraction of sp³-hybridized carbons (Fsp3) is 0.333. The predicted octanol–water partition coefficient (Wildman–Crippen LogP) is 7.06. The normalized spacial score (nSPS) is 11.4. The van der Waals surface area contributed by atoms with E-state index in [-0.39, 0.29) is 0 Å². The third kappa shape index (κ3) is 2.97. The molecule has 0 aliphatic carbocycles. The lowest BCUT2D eigenvalue weighted by molar-refractivity contribution is 0.867. The van der Waals surface area contributed by atoms with Crippen LogP contribution in [-0.2, 0) is 11.8 Å². The highest BCUT2D eigenvalue weighted by molar-refractivity contribution is 9.10. The molecule has 3 aromatic carbocycles. The van der Waals surface area contributed by atoms with E-state index in [2.05, 4.69) is 93.9 Å². The molecular formula is C21H23Br2N. The van der Waals surface area contributed by atoms with E-state index in [0.717, 1.165) is 29.3 Å². The molecule has 0 aliphatic rings. The van der Waals surface area contributed by atoms with Crippen molar-refractivity contribution < 1.29 is 0 Å². The molecule has 0 saturated heterocycles. The Kier molecular flexibility index (Phi) is 5.51. The Morgan fingerprint density at radius 1 is 0.792 bits per heavy atom. The van der Waals surface area contributed by atoms with Crippen LogP contribution in [0.1, 0.15) is 31.9 Å². The summed E-state index contributed by atoms with van der Waals surface area (Å²) >= 11 is 7.35. The highest BCUT2D eigenvalue weighted by atomic mass is 79.9. The van der Waals surface area contributed by atoms with Gasteiger partial charge in [0.25, 0.3) is 0 Å². The standard InChI is InChI=1S/C21H23Br2N/c1-4-16-17-9-7-14(23)11-19(17)21(13-22)18-10-8-15(12-20(16)18)24(5-2)6-3/h7-12H,4-6,13H2,1-3H3. The molecule has 3 rings (SSSR count). The van der Waals surface area contributed by atoms with Crippen molar-refractivity contribution in [2.24, 2.45) is 0 Å². The van der Waals surface area contributed by atoms with E-state index in [4.69, 9.17) is 0 Å². The molecule has 3 aromatic rings. The Morgan fingerprint density at radius 2 is 1.42 bits per heavy atom. The number of hydrogen-bond donors (Lipinski definition) is 0. The molecule has 0 aliphatic heterocycles. The van der Waals surface area contributed by atoms with Gasteiger partial charge in [-0.15, -0.1) is 0 Å². The zero-order chi connectivity index (χ0) is 17.3. The second kappa shape index (κ2) is 7.45. The van der Waals surface area contributed by atoms with Crippen molar-refractivity contribution >= 4 is 59.1 Å². The Balaban J connectivity index is 2.42. The Morgan fingerprint density at radius 3 is 2.04 bits per heavy atom. The van der Waals surface area contributed by atoms with Crippen LogP contribution >= 0.6 is 31.9 Å². The maximum atomic E-state index is 3.72. The summed E-state index contributed by atoms with van der Waals surface area (Å²) in [6.07, 6.45) is 1.04. The lowest BCUT2D eigenvalue weighted by atomic mass is 9.91. The zero-order valence-electron chi connectivity index (χ0n) is 14.5. The summed E-state index contributed by atoms with van der Waals surface area (Å²) in [6.45, 7) is 8.77. The summed E-state index contributed by atoms with van der Waals surface area (Å²) in [4.78, 5) is 2.42. The third-order valence-electron chi connectivity index (χ3n) is 4.90. The van der Waals surface area contributed by atoms with Gasteiger partial charge < -0.3 is 4.90 Å². The van der Waals surface area contributed by atoms with Gasteiger partial charge in [0.1, 0.15) is 0 Å².